The van der Waals surface area contributed by atoms with Crippen LogP contribution in [0.15, 0.2) is 66.2 Å². The van der Waals surface area contributed by atoms with Crippen LogP contribution in [0, 0.1) is 5.82 Å². The van der Waals surface area contributed by atoms with E-state index in [1.54, 1.807) is 24.3 Å². The molecule has 1 aromatic carbocycles. The standard InChI is InChI=1S/C17H15F2N5O/c1-4-15(19)16(20-2)23-17(25)11-5-12(18)7-13(6-11)24(3)14-8-21-10-22-9-14/h4-10H,1-2H2,3H3,(H,23,25)/b16-15-. The molecule has 0 unspecified atom stereocenters. The average molecular weight is 343 g/mol. The van der Waals surface area contributed by atoms with Gasteiger partial charge in [-0.1, -0.05) is 6.58 Å². The Balaban J connectivity index is 2.34. The largest absolute Gasteiger partial charge is 0.342 e. The molecule has 0 bridgehead atoms. The molecule has 25 heavy (non-hydrogen) atoms. The first kappa shape index (κ1) is 17.9. The molecule has 0 aliphatic carbocycles. The van der Waals surface area contributed by atoms with Gasteiger partial charge in [-0.05, 0) is 31.0 Å². The van der Waals surface area contributed by atoms with Gasteiger partial charge in [-0.15, -0.1) is 0 Å². The van der Waals surface area contributed by atoms with Crippen molar-refractivity contribution >= 4 is 24.0 Å². The van der Waals surface area contributed by atoms with Crippen LogP contribution in [0.2, 0.25) is 0 Å². The Morgan fingerprint density at radius 2 is 1.96 bits per heavy atom. The Kier molecular flexibility index (Phi) is 5.67. The lowest BCUT2D eigenvalue weighted by molar-refractivity contribution is 0.0964. The zero-order valence-electron chi connectivity index (χ0n) is 13.4. The summed E-state index contributed by atoms with van der Waals surface area (Å²) in [7, 11) is 1.67. The number of amides is 1. The molecular weight excluding hydrogens is 328 g/mol. The fraction of sp³-hybridized carbons (Fsp3) is 0.0588. The summed E-state index contributed by atoms with van der Waals surface area (Å²) in [5.41, 5.74) is 0.975. The third-order valence-corrected chi connectivity index (χ3v) is 3.26. The van der Waals surface area contributed by atoms with E-state index in [4.69, 9.17) is 0 Å². The normalized spacial score (nSPS) is 11.3. The lowest BCUT2D eigenvalue weighted by Crippen LogP contribution is -2.23. The molecule has 2 rings (SSSR count). The van der Waals surface area contributed by atoms with Crippen LogP contribution in [0.1, 0.15) is 10.4 Å². The molecule has 0 spiro atoms. The number of aromatic nitrogens is 2. The first-order valence-electron chi connectivity index (χ1n) is 7.06. The van der Waals surface area contributed by atoms with Gasteiger partial charge < -0.3 is 10.2 Å². The van der Waals surface area contributed by atoms with Crippen LogP contribution < -0.4 is 10.2 Å². The number of nitrogens with one attached hydrogen (secondary N) is 1. The summed E-state index contributed by atoms with van der Waals surface area (Å²) >= 11 is 0. The Morgan fingerprint density at radius 1 is 1.28 bits per heavy atom. The van der Waals surface area contributed by atoms with Crippen LogP contribution in [-0.2, 0) is 0 Å². The van der Waals surface area contributed by atoms with Gasteiger partial charge in [0.15, 0.2) is 11.6 Å². The summed E-state index contributed by atoms with van der Waals surface area (Å²) in [6.45, 7) is 6.42. The van der Waals surface area contributed by atoms with E-state index < -0.39 is 23.4 Å². The van der Waals surface area contributed by atoms with Crippen molar-refractivity contribution in [1.82, 2.24) is 15.3 Å². The van der Waals surface area contributed by atoms with Crippen molar-refractivity contribution in [2.24, 2.45) is 4.99 Å². The summed E-state index contributed by atoms with van der Waals surface area (Å²) in [5.74, 6) is -2.61. The number of halogens is 2. The summed E-state index contributed by atoms with van der Waals surface area (Å²) in [6.07, 6.45) is 5.33. The van der Waals surface area contributed by atoms with Gasteiger partial charge in [-0.25, -0.2) is 23.7 Å². The third kappa shape index (κ3) is 4.31. The molecule has 0 fully saturated rings. The highest BCUT2D eigenvalue weighted by atomic mass is 19.1. The monoisotopic (exact) mass is 343 g/mol. The Labute approximate surface area is 143 Å². The number of allylic oxidation sites excluding steroid dienone is 2. The third-order valence-electron chi connectivity index (χ3n) is 3.26. The average Bonchev–Trinajstić information content (AvgIpc) is 2.64. The van der Waals surface area contributed by atoms with Crippen LogP contribution in [0.4, 0.5) is 20.2 Å². The molecular formula is C17H15F2N5O. The van der Waals surface area contributed by atoms with Crippen molar-refractivity contribution in [2.75, 3.05) is 11.9 Å². The van der Waals surface area contributed by atoms with E-state index in [1.165, 1.54) is 18.5 Å². The minimum atomic E-state index is -0.849. The number of aliphatic imine (C=N–C) groups is 1. The number of carbonyl (C=O) groups excluding carboxylic acids is 1. The van der Waals surface area contributed by atoms with Gasteiger partial charge in [0, 0.05) is 18.3 Å². The van der Waals surface area contributed by atoms with E-state index in [1.807, 2.05) is 0 Å². The van der Waals surface area contributed by atoms with Gasteiger partial charge in [0.1, 0.15) is 12.1 Å². The molecule has 0 aliphatic rings. The minimum absolute atomic E-state index is 0.0169. The molecule has 0 saturated carbocycles. The molecule has 0 atom stereocenters. The highest BCUT2D eigenvalue weighted by Crippen LogP contribution is 2.24. The summed E-state index contributed by atoms with van der Waals surface area (Å²) in [4.78, 5) is 25.0. The molecule has 128 valence electrons. The molecule has 8 heteroatoms. The quantitative estimate of drug-likeness (QED) is 0.646. The SMILES string of the molecule is C=C/C(F)=C(\N=C)NC(=O)c1cc(F)cc(N(C)c2cncnc2)c1. The van der Waals surface area contributed by atoms with Crippen LogP contribution in [-0.4, -0.2) is 29.6 Å². The maximum absolute atomic E-state index is 13.9. The summed E-state index contributed by atoms with van der Waals surface area (Å²) < 4.78 is 27.4. The van der Waals surface area contributed by atoms with Crippen LogP contribution in [0.25, 0.3) is 0 Å². The van der Waals surface area contributed by atoms with Gasteiger partial charge in [-0.3, -0.25) is 4.79 Å². The topological polar surface area (TPSA) is 70.5 Å². The fourth-order valence-corrected chi connectivity index (χ4v) is 1.96. The maximum Gasteiger partial charge on any atom is 0.257 e. The molecule has 0 saturated heterocycles. The number of rotatable bonds is 6. The van der Waals surface area contributed by atoms with E-state index in [2.05, 4.69) is 33.6 Å². The van der Waals surface area contributed by atoms with E-state index in [0.29, 0.717) is 11.4 Å². The summed E-state index contributed by atoms with van der Waals surface area (Å²) in [6, 6.07) is 3.72. The number of carbonyl (C=O) groups is 1. The molecule has 6 nitrogen and oxygen atoms in total. The molecule has 1 N–H and O–H groups in total. The van der Waals surface area contributed by atoms with E-state index >= 15 is 0 Å². The molecule has 2 aromatic rings. The van der Waals surface area contributed by atoms with Gasteiger partial charge in [0.25, 0.3) is 5.91 Å². The highest BCUT2D eigenvalue weighted by Gasteiger charge is 2.14. The number of nitrogens with zero attached hydrogens (tertiary/aromatic N) is 4. The van der Waals surface area contributed by atoms with Crippen molar-refractivity contribution in [1.29, 1.82) is 0 Å². The van der Waals surface area contributed by atoms with Crippen molar-refractivity contribution in [3.8, 4) is 0 Å². The lowest BCUT2D eigenvalue weighted by atomic mass is 10.1. The van der Waals surface area contributed by atoms with Gasteiger partial charge in [0.05, 0.1) is 18.1 Å². The molecule has 0 aliphatic heterocycles. The molecule has 1 heterocycles. The number of hydrogen-bond acceptors (Lipinski definition) is 5. The molecule has 1 aromatic heterocycles. The second kappa shape index (κ2) is 7.91. The van der Waals surface area contributed by atoms with Crippen LogP contribution >= 0.6 is 0 Å². The Morgan fingerprint density at radius 3 is 2.56 bits per heavy atom. The van der Waals surface area contributed by atoms with Crippen molar-refractivity contribution in [3.63, 3.8) is 0 Å². The minimum Gasteiger partial charge on any atom is -0.342 e. The van der Waals surface area contributed by atoms with Crippen molar-refractivity contribution < 1.29 is 13.6 Å². The Hall–Kier alpha value is -3.42. The molecule has 1 amide bonds. The predicted octanol–water partition coefficient (Wildman–Crippen LogP) is 3.14. The van der Waals surface area contributed by atoms with Crippen LogP contribution in [0.3, 0.4) is 0 Å². The second-order valence-electron chi connectivity index (χ2n) is 4.87. The van der Waals surface area contributed by atoms with Crippen molar-refractivity contribution in [2.45, 2.75) is 0 Å². The van der Waals surface area contributed by atoms with Crippen molar-refractivity contribution in [3.05, 3.63) is 72.6 Å². The second-order valence-corrected chi connectivity index (χ2v) is 4.87. The first-order chi connectivity index (χ1) is 12.0. The van der Waals surface area contributed by atoms with E-state index in [0.717, 1.165) is 12.1 Å². The zero-order chi connectivity index (χ0) is 18.4. The van der Waals surface area contributed by atoms with E-state index in [9.17, 15) is 13.6 Å². The fourth-order valence-electron chi connectivity index (χ4n) is 1.96. The maximum atomic E-state index is 13.9. The number of benzene rings is 1. The Bertz CT molecular complexity index is 836. The van der Waals surface area contributed by atoms with Crippen LogP contribution in [0.5, 0.6) is 0 Å². The highest BCUT2D eigenvalue weighted by molar-refractivity contribution is 5.96. The van der Waals surface area contributed by atoms with Gasteiger partial charge in [0.2, 0.25) is 0 Å². The van der Waals surface area contributed by atoms with E-state index in [-0.39, 0.29) is 5.56 Å². The number of hydrogen-bond donors (Lipinski definition) is 1. The number of anilines is 2. The van der Waals surface area contributed by atoms with Gasteiger partial charge >= 0.3 is 0 Å². The van der Waals surface area contributed by atoms with Gasteiger partial charge in [-0.2, -0.15) is 0 Å². The first-order valence-corrected chi connectivity index (χ1v) is 7.06. The smallest absolute Gasteiger partial charge is 0.257 e. The summed E-state index contributed by atoms with van der Waals surface area (Å²) in [5, 5.41) is 2.22. The lowest BCUT2D eigenvalue weighted by Gasteiger charge is -2.19. The zero-order valence-corrected chi connectivity index (χ0v) is 13.4. The predicted molar refractivity (Wildman–Crippen MR) is 91.8 cm³/mol. The molecule has 0 radical (unpaired) electrons.